The number of fused-ring (bicyclic) bond motifs is 3. The lowest BCUT2D eigenvalue weighted by Gasteiger charge is -2.42. The summed E-state index contributed by atoms with van der Waals surface area (Å²) in [5.74, 6) is -7.97. The highest BCUT2D eigenvalue weighted by Crippen LogP contribution is 2.38. The maximum absolute atomic E-state index is 14.6. The normalized spacial score (nSPS) is 33.6. The molecule has 5 heterocycles. The minimum atomic E-state index is -2.49. The SMILES string of the molecule is CO[C@H]1C[C@@H]2CC[C@@H](C)[C@@](O)(O2)C(=O)C(=O)N2CCCC[C@H]2C(=O)O[C@H]([C@H](N)C[C@@H]2CC[C@@H](OC(=O)NCCOCCC(=O)NCc3cnc(N4CCN(C)CC4)nc3)[C@H](OC)C2)C[C@@H](O)[C@H](C)/C=C(\C)[C@@H](O)[C@@H](O)C(=O)[C@H](C)C[C@H](C)/C=C/C=CC=C1C. The van der Waals surface area contributed by atoms with E-state index in [-0.39, 0.29) is 88.3 Å². The van der Waals surface area contributed by atoms with Gasteiger partial charge in [-0.05, 0) is 108 Å². The first-order valence-corrected chi connectivity index (χ1v) is 32.0. The van der Waals surface area contributed by atoms with Crippen molar-refractivity contribution >= 4 is 41.4 Å². The molecule has 498 valence electrons. The Balaban J connectivity index is 1.08. The number of amides is 3. The summed E-state index contributed by atoms with van der Waals surface area (Å²) in [5, 5.41) is 51.9. The van der Waals surface area contributed by atoms with Crippen LogP contribution in [-0.2, 0) is 58.9 Å². The average molecular weight is 1250 g/mol. The molecule has 16 atom stereocenters. The van der Waals surface area contributed by atoms with E-state index < -0.39 is 114 Å². The number of aliphatic hydroxyl groups is 4. The predicted molar refractivity (Wildman–Crippen MR) is 331 cm³/mol. The molecule has 1 aliphatic carbocycles. The molecule has 6 rings (SSSR count). The number of alkyl carbamates (subject to hydrolysis) is 1. The third kappa shape index (κ3) is 21.3. The molecule has 8 N–H and O–H groups in total. The zero-order chi connectivity index (χ0) is 65.0. The monoisotopic (exact) mass is 1250 g/mol. The molecule has 24 heteroatoms. The number of piperazine rings is 1. The number of cyclic esters (lactones) is 1. The lowest BCUT2D eigenvalue weighted by molar-refractivity contribution is -0.265. The van der Waals surface area contributed by atoms with E-state index >= 15 is 0 Å². The highest BCUT2D eigenvalue weighted by atomic mass is 16.6. The third-order valence-corrected chi connectivity index (χ3v) is 18.4. The van der Waals surface area contributed by atoms with E-state index in [9.17, 15) is 49.2 Å². The van der Waals surface area contributed by atoms with Crippen molar-refractivity contribution in [1.29, 1.82) is 0 Å². The molecule has 0 aromatic carbocycles. The van der Waals surface area contributed by atoms with Gasteiger partial charge in [0.15, 0.2) is 5.78 Å². The van der Waals surface area contributed by atoms with Crippen LogP contribution in [0.15, 0.2) is 60.0 Å². The van der Waals surface area contributed by atoms with Crippen LogP contribution >= 0.6 is 0 Å². The first-order chi connectivity index (χ1) is 42.4. The maximum Gasteiger partial charge on any atom is 0.407 e. The van der Waals surface area contributed by atoms with Gasteiger partial charge in [-0.2, -0.15) is 0 Å². The Morgan fingerprint density at radius 3 is 2.26 bits per heavy atom. The van der Waals surface area contributed by atoms with Crippen molar-refractivity contribution in [3.8, 4) is 0 Å². The summed E-state index contributed by atoms with van der Waals surface area (Å²) in [6.07, 6.45) is 9.86. The Morgan fingerprint density at radius 2 is 1.55 bits per heavy atom. The van der Waals surface area contributed by atoms with Gasteiger partial charge in [-0.15, -0.1) is 0 Å². The summed E-state index contributed by atoms with van der Waals surface area (Å²) in [7, 11) is 5.16. The number of likely N-dealkylation sites (N-methyl/N-ethyl adjacent to an activating group) is 1. The Hall–Kier alpha value is -5.54. The Labute approximate surface area is 525 Å². The molecule has 0 spiro atoms. The highest BCUT2D eigenvalue weighted by molar-refractivity contribution is 6.39. The van der Waals surface area contributed by atoms with Gasteiger partial charge in [0.25, 0.3) is 11.7 Å². The van der Waals surface area contributed by atoms with Crippen molar-refractivity contribution in [3.63, 3.8) is 0 Å². The number of aromatic nitrogens is 2. The van der Waals surface area contributed by atoms with Crippen LogP contribution in [0.2, 0.25) is 0 Å². The number of hydrogen-bond acceptors (Lipinski definition) is 21. The molecule has 4 aliphatic heterocycles. The lowest BCUT2D eigenvalue weighted by Crippen LogP contribution is -2.61. The molecule has 1 aromatic rings. The molecule has 2 bridgehead atoms. The zero-order valence-corrected chi connectivity index (χ0v) is 53.8. The van der Waals surface area contributed by atoms with Crippen molar-refractivity contribution in [3.05, 3.63) is 65.6 Å². The van der Waals surface area contributed by atoms with E-state index in [2.05, 4.69) is 37.4 Å². The van der Waals surface area contributed by atoms with Crippen molar-refractivity contribution in [2.45, 2.75) is 198 Å². The molecular formula is C65H102N8O16. The number of piperidine rings is 1. The van der Waals surface area contributed by atoms with Crippen LogP contribution in [0.25, 0.3) is 0 Å². The first-order valence-electron chi connectivity index (χ1n) is 32.0. The molecule has 3 amide bonds. The number of aliphatic hydroxyl groups excluding tert-OH is 3. The number of rotatable bonds is 15. The highest BCUT2D eigenvalue weighted by Gasteiger charge is 2.53. The number of carbonyl (C=O) groups excluding carboxylic acids is 6. The molecular weight excluding hydrogens is 1150 g/mol. The minimum Gasteiger partial charge on any atom is -0.459 e. The van der Waals surface area contributed by atoms with Crippen molar-refractivity contribution in [2.75, 3.05) is 78.6 Å². The van der Waals surface area contributed by atoms with Crippen LogP contribution in [0.4, 0.5) is 10.7 Å². The van der Waals surface area contributed by atoms with Gasteiger partial charge in [0.05, 0.1) is 37.6 Å². The smallest absolute Gasteiger partial charge is 0.407 e. The van der Waals surface area contributed by atoms with E-state index in [4.69, 9.17) is 34.2 Å². The summed E-state index contributed by atoms with van der Waals surface area (Å²) in [4.78, 5) is 96.9. The maximum atomic E-state index is 14.6. The van der Waals surface area contributed by atoms with Crippen LogP contribution in [0.5, 0.6) is 0 Å². The fraction of sp³-hybridized carbons (Fsp3) is 0.723. The molecule has 0 radical (unpaired) electrons. The van der Waals surface area contributed by atoms with Crippen LogP contribution < -0.4 is 21.3 Å². The molecule has 4 fully saturated rings. The van der Waals surface area contributed by atoms with E-state index in [0.29, 0.717) is 57.3 Å². The fourth-order valence-corrected chi connectivity index (χ4v) is 12.5. The number of esters is 1. The Morgan fingerprint density at radius 1 is 0.820 bits per heavy atom. The van der Waals surface area contributed by atoms with E-state index in [1.54, 1.807) is 53.3 Å². The number of nitrogens with zero attached hydrogens (tertiary/aromatic N) is 5. The van der Waals surface area contributed by atoms with Crippen molar-refractivity contribution in [2.24, 2.45) is 35.3 Å². The van der Waals surface area contributed by atoms with Gasteiger partial charge in [0, 0.05) is 121 Å². The number of Topliss-reactive ketones (excluding diaryl/α,β-unsaturated/α-hetero) is 2. The molecule has 1 aromatic heterocycles. The average Bonchev–Trinajstić information content (AvgIpc) is 1.39. The molecule has 0 unspecified atom stereocenters. The first kappa shape index (κ1) is 72.5. The fourth-order valence-electron chi connectivity index (χ4n) is 12.5. The minimum absolute atomic E-state index is 0.0207. The number of anilines is 1. The van der Waals surface area contributed by atoms with Gasteiger partial charge in [-0.1, -0.05) is 64.2 Å². The van der Waals surface area contributed by atoms with Gasteiger partial charge in [0.2, 0.25) is 17.6 Å². The number of carbonyl (C=O) groups is 6. The number of ketones is 2. The number of methoxy groups -OCH3 is 2. The summed E-state index contributed by atoms with van der Waals surface area (Å²) < 4.78 is 35.6. The van der Waals surface area contributed by atoms with Crippen molar-refractivity contribution < 1.29 is 77.6 Å². The zero-order valence-electron chi connectivity index (χ0n) is 53.8. The van der Waals surface area contributed by atoms with Gasteiger partial charge in [0.1, 0.15) is 30.5 Å². The number of allylic oxidation sites excluding steroid dienone is 5. The van der Waals surface area contributed by atoms with Crippen LogP contribution in [0.1, 0.15) is 131 Å². The Kier molecular flexibility index (Phi) is 28.8. The lowest BCUT2D eigenvalue weighted by atomic mass is 9.80. The molecule has 5 aliphatic rings. The number of hydrogen-bond donors (Lipinski definition) is 7. The second-order valence-electron chi connectivity index (χ2n) is 25.4. The second kappa shape index (κ2) is 35.3. The van der Waals surface area contributed by atoms with Gasteiger partial charge in [-0.25, -0.2) is 19.6 Å². The predicted octanol–water partition coefficient (Wildman–Crippen LogP) is 4.01. The van der Waals surface area contributed by atoms with Gasteiger partial charge in [-0.3, -0.25) is 19.2 Å². The summed E-state index contributed by atoms with van der Waals surface area (Å²) in [5.41, 5.74) is 8.88. The third-order valence-electron chi connectivity index (χ3n) is 18.4. The molecule has 1 saturated carbocycles. The number of ether oxygens (including phenoxy) is 6. The van der Waals surface area contributed by atoms with Crippen LogP contribution in [-0.4, -0.2) is 216 Å². The molecule has 24 nitrogen and oxygen atoms in total. The second-order valence-corrected chi connectivity index (χ2v) is 25.4. The summed E-state index contributed by atoms with van der Waals surface area (Å²) >= 11 is 0. The van der Waals surface area contributed by atoms with E-state index in [1.807, 2.05) is 44.2 Å². The largest absolute Gasteiger partial charge is 0.459 e. The van der Waals surface area contributed by atoms with Crippen LogP contribution in [0, 0.1) is 29.6 Å². The Bertz CT molecular complexity index is 2600. The number of nitrogens with two attached hydrogens (primary N) is 1. The molecule has 3 saturated heterocycles. The molecule has 89 heavy (non-hydrogen) atoms. The van der Waals surface area contributed by atoms with Crippen molar-refractivity contribution in [1.82, 2.24) is 30.4 Å². The quantitative estimate of drug-likeness (QED) is 0.0565. The van der Waals surface area contributed by atoms with Gasteiger partial charge >= 0.3 is 12.1 Å². The van der Waals surface area contributed by atoms with Crippen LogP contribution in [0.3, 0.4) is 0 Å². The van der Waals surface area contributed by atoms with Gasteiger partial charge < -0.3 is 79.9 Å². The topological polar surface area (TPSA) is 324 Å². The summed E-state index contributed by atoms with van der Waals surface area (Å²) in [6, 6.07) is -2.14. The summed E-state index contributed by atoms with van der Waals surface area (Å²) in [6.45, 7) is 14.7. The van der Waals surface area contributed by atoms with E-state index in [0.717, 1.165) is 42.2 Å². The number of nitrogens with one attached hydrogen (secondary N) is 2. The standard InChI is InChI=1S/C65H102N8O16/c1-40-15-11-10-12-16-41(2)53(84-8)35-48-20-18-45(6)65(83,89-48)60(79)61(80)73-24-14-13-17-50(73)62(81)87-54(36-51(74)42(3)32-44(5)58(77)59(78)57(76)43(4)31-40)49(66)33-46-19-21-52(55(34-46)85-9)88-64(82)67-23-30-86-29-22-56(75)68-37-47-38-69-63(70-39-47)72-27-25-71(7)26-28-72/h10-12,15-16,32,38-40,42-43,45-46,48-55,58-59,74,77-78,83H,13-14,17-31,33-37,66H2,1-9H3,(H,67,82)(H,68,75)/b12-10?,15-11+,41-16?,44-32+/t40-,42-,43-,45-,46+,48+,49-,50+,51-,52-,53+,54+,55-,58-,59+,65-/m1/s1. The van der Waals surface area contributed by atoms with E-state index in [1.165, 1.54) is 7.11 Å².